The Labute approximate surface area is 114 Å². The van der Waals surface area contributed by atoms with Crippen molar-refractivity contribution in [3.05, 3.63) is 57.8 Å². The van der Waals surface area contributed by atoms with E-state index in [1.54, 1.807) is 25.1 Å². The molecule has 0 atom stereocenters. The lowest BCUT2D eigenvalue weighted by molar-refractivity contribution is -0.385. The van der Waals surface area contributed by atoms with Gasteiger partial charge >= 0.3 is 5.69 Å². The van der Waals surface area contributed by atoms with Crippen LogP contribution in [0.3, 0.4) is 0 Å². The van der Waals surface area contributed by atoms with Gasteiger partial charge in [-0.2, -0.15) is 0 Å². The number of benzene rings is 1. The molecule has 0 unspecified atom stereocenters. The van der Waals surface area contributed by atoms with Crippen LogP contribution in [0.15, 0.2) is 36.5 Å². The van der Waals surface area contributed by atoms with Crippen LogP contribution < -0.4 is 10.5 Å². The smallest absolute Gasteiger partial charge is 0.311 e. The number of nitro benzene ring substituents is 1. The van der Waals surface area contributed by atoms with Crippen molar-refractivity contribution >= 4 is 11.5 Å². The second-order valence-electron chi connectivity index (χ2n) is 4.08. The Balaban J connectivity index is 2.34. The van der Waals surface area contributed by atoms with Crippen molar-refractivity contribution < 1.29 is 9.66 Å². The number of rotatable bonds is 4. The molecule has 0 amide bonds. The van der Waals surface area contributed by atoms with Gasteiger partial charge in [0, 0.05) is 23.9 Å². The van der Waals surface area contributed by atoms with Crippen LogP contribution in [0.2, 0.25) is 0 Å². The molecule has 3 N–H and O–H groups in total. The number of aryl methyl sites for hydroxylation is 1. The first-order chi connectivity index (χ1) is 9.49. The van der Waals surface area contributed by atoms with Crippen LogP contribution >= 0.6 is 0 Å². The summed E-state index contributed by atoms with van der Waals surface area (Å²) >= 11 is 0. The zero-order chi connectivity index (χ0) is 14.7. The Morgan fingerprint density at radius 3 is 2.70 bits per heavy atom. The normalized spacial score (nSPS) is 10.1. The highest BCUT2D eigenvalue weighted by Crippen LogP contribution is 2.33. The molecule has 1 aromatic carbocycles. The highest BCUT2D eigenvalue weighted by Gasteiger charge is 2.18. The zero-order valence-corrected chi connectivity index (χ0v) is 10.7. The second kappa shape index (κ2) is 5.35. The van der Waals surface area contributed by atoms with E-state index in [-0.39, 0.29) is 23.2 Å². The first-order valence-electron chi connectivity index (χ1n) is 5.71. The first-order valence-corrected chi connectivity index (χ1v) is 5.71. The van der Waals surface area contributed by atoms with E-state index in [2.05, 4.69) is 4.98 Å². The number of pyridine rings is 1. The molecule has 1 heterocycles. The van der Waals surface area contributed by atoms with E-state index in [0.717, 1.165) is 0 Å². The van der Waals surface area contributed by atoms with E-state index in [0.29, 0.717) is 11.1 Å². The van der Waals surface area contributed by atoms with Gasteiger partial charge in [-0.1, -0.05) is 12.1 Å². The van der Waals surface area contributed by atoms with E-state index < -0.39 is 4.92 Å². The molecule has 2 rings (SSSR count). The Morgan fingerprint density at radius 2 is 2.15 bits per heavy atom. The molecule has 0 bridgehead atoms. The molecule has 0 aliphatic heterocycles. The standard InChI is InChI=1S/C13H12N4O3/c1-8-3-2-4-10(17(18)19)12(8)20-11-6-5-9(7-16-11)13(14)15/h2-7H,1H3,(H3,14,15). The molecule has 1 aromatic heterocycles. The Morgan fingerprint density at radius 1 is 1.40 bits per heavy atom. The molecule has 0 radical (unpaired) electrons. The fourth-order valence-corrected chi connectivity index (χ4v) is 1.62. The van der Waals surface area contributed by atoms with Crippen LogP contribution in [0.25, 0.3) is 0 Å². The van der Waals surface area contributed by atoms with Crippen molar-refractivity contribution in [3.63, 3.8) is 0 Å². The van der Waals surface area contributed by atoms with E-state index in [1.165, 1.54) is 18.3 Å². The molecular formula is C13H12N4O3. The van der Waals surface area contributed by atoms with Crippen LogP contribution in [0.1, 0.15) is 11.1 Å². The maximum Gasteiger partial charge on any atom is 0.311 e. The molecule has 0 aliphatic carbocycles. The Kier molecular flexibility index (Phi) is 3.60. The molecule has 20 heavy (non-hydrogen) atoms. The number of nitrogens with two attached hydrogens (primary N) is 1. The van der Waals surface area contributed by atoms with Crippen molar-refractivity contribution in [2.75, 3.05) is 0 Å². The van der Waals surface area contributed by atoms with Crippen molar-refractivity contribution in [1.29, 1.82) is 5.41 Å². The number of para-hydroxylation sites is 1. The third-order valence-electron chi connectivity index (χ3n) is 2.64. The third-order valence-corrected chi connectivity index (χ3v) is 2.64. The fraction of sp³-hybridized carbons (Fsp3) is 0.0769. The van der Waals surface area contributed by atoms with Crippen molar-refractivity contribution in [2.45, 2.75) is 6.92 Å². The maximum absolute atomic E-state index is 11.0. The van der Waals surface area contributed by atoms with Crippen molar-refractivity contribution in [3.8, 4) is 11.6 Å². The highest BCUT2D eigenvalue weighted by atomic mass is 16.6. The van der Waals surface area contributed by atoms with Crippen LogP contribution in [0.4, 0.5) is 5.69 Å². The van der Waals surface area contributed by atoms with Gasteiger partial charge in [-0.05, 0) is 18.6 Å². The molecule has 0 saturated heterocycles. The van der Waals surface area contributed by atoms with Gasteiger partial charge in [0.15, 0.2) is 0 Å². The number of hydrogen-bond acceptors (Lipinski definition) is 5. The first kappa shape index (κ1) is 13.5. The fourth-order valence-electron chi connectivity index (χ4n) is 1.62. The predicted molar refractivity (Wildman–Crippen MR) is 73.2 cm³/mol. The average molecular weight is 272 g/mol. The van der Waals surface area contributed by atoms with E-state index in [9.17, 15) is 10.1 Å². The summed E-state index contributed by atoms with van der Waals surface area (Å²) in [5.74, 6) is 0.249. The molecule has 0 fully saturated rings. The minimum absolute atomic E-state index is 0.106. The van der Waals surface area contributed by atoms with Crippen molar-refractivity contribution in [1.82, 2.24) is 4.98 Å². The monoisotopic (exact) mass is 272 g/mol. The van der Waals surface area contributed by atoms with Gasteiger partial charge in [-0.3, -0.25) is 15.5 Å². The molecule has 0 saturated carbocycles. The number of nitrogens with one attached hydrogen (secondary N) is 1. The van der Waals surface area contributed by atoms with E-state index >= 15 is 0 Å². The lowest BCUT2D eigenvalue weighted by Gasteiger charge is -2.08. The van der Waals surface area contributed by atoms with Crippen LogP contribution in [-0.2, 0) is 0 Å². The summed E-state index contributed by atoms with van der Waals surface area (Å²) in [6, 6.07) is 7.74. The predicted octanol–water partition coefficient (Wildman–Crippen LogP) is 2.37. The van der Waals surface area contributed by atoms with Gasteiger partial charge in [0.1, 0.15) is 5.84 Å². The quantitative estimate of drug-likeness (QED) is 0.383. The summed E-state index contributed by atoms with van der Waals surface area (Å²) in [4.78, 5) is 14.4. The SMILES string of the molecule is Cc1cccc([N+](=O)[O-])c1Oc1ccc(C(=N)N)cn1. The number of nitrogen functional groups attached to an aromatic ring is 1. The molecular weight excluding hydrogens is 260 g/mol. The molecule has 0 aliphatic rings. The number of hydrogen-bond donors (Lipinski definition) is 2. The van der Waals surface area contributed by atoms with Crippen LogP contribution in [-0.4, -0.2) is 15.7 Å². The van der Waals surface area contributed by atoms with Gasteiger partial charge in [-0.15, -0.1) is 0 Å². The van der Waals surface area contributed by atoms with E-state index in [4.69, 9.17) is 15.9 Å². The number of amidine groups is 1. The Bertz CT molecular complexity index is 668. The summed E-state index contributed by atoms with van der Waals surface area (Å²) in [7, 11) is 0. The summed E-state index contributed by atoms with van der Waals surface area (Å²) in [6.07, 6.45) is 1.38. The molecule has 7 nitrogen and oxygen atoms in total. The number of nitro groups is 1. The van der Waals surface area contributed by atoms with E-state index in [1.807, 2.05) is 0 Å². The maximum atomic E-state index is 11.0. The summed E-state index contributed by atoms with van der Waals surface area (Å²) in [5, 5.41) is 18.2. The molecule has 7 heteroatoms. The van der Waals surface area contributed by atoms with Crippen LogP contribution in [0.5, 0.6) is 11.6 Å². The zero-order valence-electron chi connectivity index (χ0n) is 10.7. The third kappa shape index (κ3) is 2.72. The average Bonchev–Trinajstić information content (AvgIpc) is 2.41. The number of aromatic nitrogens is 1. The topological polar surface area (TPSA) is 115 Å². The molecule has 102 valence electrons. The minimum atomic E-state index is -0.508. The summed E-state index contributed by atoms with van der Waals surface area (Å²) < 4.78 is 5.47. The lowest BCUT2D eigenvalue weighted by atomic mass is 10.2. The molecule has 0 spiro atoms. The molecule has 2 aromatic rings. The van der Waals surface area contributed by atoms with Gasteiger partial charge in [0.05, 0.1) is 4.92 Å². The van der Waals surface area contributed by atoms with Gasteiger partial charge in [0.2, 0.25) is 11.6 Å². The van der Waals surface area contributed by atoms with Gasteiger partial charge in [-0.25, -0.2) is 4.98 Å². The highest BCUT2D eigenvalue weighted by molar-refractivity contribution is 5.94. The summed E-state index contributed by atoms with van der Waals surface area (Å²) in [5.41, 5.74) is 6.29. The van der Waals surface area contributed by atoms with Crippen molar-refractivity contribution in [2.24, 2.45) is 5.73 Å². The second-order valence-corrected chi connectivity index (χ2v) is 4.08. The van der Waals surface area contributed by atoms with Crippen LogP contribution in [0, 0.1) is 22.4 Å². The number of ether oxygens (including phenoxy) is 1. The largest absolute Gasteiger partial charge is 0.432 e. The number of nitrogens with zero attached hydrogens (tertiary/aromatic N) is 2. The lowest BCUT2D eigenvalue weighted by Crippen LogP contribution is -2.11. The minimum Gasteiger partial charge on any atom is -0.432 e. The summed E-state index contributed by atoms with van der Waals surface area (Å²) in [6.45, 7) is 1.71. The van der Waals surface area contributed by atoms with Gasteiger partial charge < -0.3 is 10.5 Å². The van der Waals surface area contributed by atoms with Gasteiger partial charge in [0.25, 0.3) is 0 Å². The Hall–Kier alpha value is -2.96.